The first-order valence-corrected chi connectivity index (χ1v) is 7.84. The van der Waals surface area contributed by atoms with Crippen LogP contribution in [0.1, 0.15) is 11.5 Å². The van der Waals surface area contributed by atoms with Gasteiger partial charge in [-0.25, -0.2) is 0 Å². The number of carbonyl (C=O) groups is 1. The zero-order chi connectivity index (χ0) is 15.4. The molecule has 3 rings (SSSR count). The van der Waals surface area contributed by atoms with E-state index in [1.807, 2.05) is 35.7 Å². The number of carbonyl (C=O) groups excluding carboxylic acids is 1. The number of benzene rings is 1. The van der Waals surface area contributed by atoms with Gasteiger partial charge in [0.15, 0.2) is 0 Å². The van der Waals surface area contributed by atoms with Crippen LogP contribution < -0.4 is 5.32 Å². The smallest absolute Gasteiger partial charge is 0.257 e. The van der Waals surface area contributed by atoms with Crippen molar-refractivity contribution in [1.29, 1.82) is 0 Å². The molecule has 0 fully saturated rings. The lowest BCUT2D eigenvalue weighted by molar-refractivity contribution is -0.120. The van der Waals surface area contributed by atoms with Crippen LogP contribution in [0.5, 0.6) is 0 Å². The molecule has 3 aromatic rings. The fraction of sp³-hybridized carbons (Fsp3) is 0.133. The van der Waals surface area contributed by atoms with Crippen LogP contribution >= 0.6 is 22.9 Å². The second kappa shape index (κ2) is 6.72. The lowest BCUT2D eigenvalue weighted by Gasteiger charge is -2.04. The Hall–Kier alpha value is -2.18. The zero-order valence-corrected chi connectivity index (χ0v) is 13.0. The first kappa shape index (κ1) is 14.7. The van der Waals surface area contributed by atoms with Crippen molar-refractivity contribution >= 4 is 28.8 Å². The number of aromatic nitrogens is 2. The Morgan fingerprint density at radius 3 is 2.86 bits per heavy atom. The van der Waals surface area contributed by atoms with E-state index in [1.165, 1.54) is 11.3 Å². The zero-order valence-electron chi connectivity index (χ0n) is 11.5. The van der Waals surface area contributed by atoms with E-state index in [-0.39, 0.29) is 18.9 Å². The molecule has 1 N–H and O–H groups in total. The van der Waals surface area contributed by atoms with Gasteiger partial charge in [0.25, 0.3) is 5.89 Å². The molecule has 0 aliphatic heterocycles. The van der Waals surface area contributed by atoms with Gasteiger partial charge in [0.1, 0.15) is 0 Å². The molecule has 1 amide bonds. The highest BCUT2D eigenvalue weighted by atomic mass is 35.5. The molecule has 1 aromatic carbocycles. The summed E-state index contributed by atoms with van der Waals surface area (Å²) in [6.45, 7) is 0.196. The molecule has 112 valence electrons. The van der Waals surface area contributed by atoms with Crippen molar-refractivity contribution in [3.63, 3.8) is 0 Å². The van der Waals surface area contributed by atoms with Gasteiger partial charge in [0, 0.05) is 5.02 Å². The highest BCUT2D eigenvalue weighted by molar-refractivity contribution is 7.13. The van der Waals surface area contributed by atoms with Gasteiger partial charge in [-0.2, -0.15) is 0 Å². The van der Waals surface area contributed by atoms with E-state index < -0.39 is 0 Å². The molecular weight excluding hydrogens is 322 g/mol. The largest absolute Gasteiger partial charge is 0.418 e. The third-order valence-corrected chi connectivity index (χ3v) is 4.17. The molecule has 0 saturated carbocycles. The first-order chi connectivity index (χ1) is 10.7. The Labute approximate surface area is 135 Å². The minimum Gasteiger partial charge on any atom is -0.418 e. The predicted octanol–water partition coefficient (Wildman–Crippen LogP) is 3.31. The summed E-state index contributed by atoms with van der Waals surface area (Å²) in [5.41, 5.74) is 0.784. The van der Waals surface area contributed by atoms with Crippen molar-refractivity contribution in [2.75, 3.05) is 0 Å². The Kier molecular flexibility index (Phi) is 4.50. The van der Waals surface area contributed by atoms with Gasteiger partial charge in [0.2, 0.25) is 11.8 Å². The van der Waals surface area contributed by atoms with Crippen LogP contribution in [-0.2, 0) is 17.8 Å². The van der Waals surface area contributed by atoms with E-state index in [1.54, 1.807) is 6.07 Å². The molecule has 7 heteroatoms. The Bertz CT molecular complexity index is 771. The lowest BCUT2D eigenvalue weighted by Crippen LogP contribution is -2.24. The molecule has 0 aliphatic rings. The Morgan fingerprint density at radius 2 is 2.09 bits per heavy atom. The van der Waals surface area contributed by atoms with Crippen LogP contribution in [0, 0.1) is 0 Å². The second-order valence-corrected chi connectivity index (χ2v) is 5.88. The van der Waals surface area contributed by atoms with Crippen LogP contribution in [0.3, 0.4) is 0 Å². The minimum absolute atomic E-state index is 0.149. The van der Waals surface area contributed by atoms with E-state index >= 15 is 0 Å². The van der Waals surface area contributed by atoms with Crippen molar-refractivity contribution in [3.05, 3.63) is 58.3 Å². The minimum atomic E-state index is -0.149. The molecule has 0 bridgehead atoms. The molecule has 2 aromatic heterocycles. The van der Waals surface area contributed by atoms with Crippen molar-refractivity contribution in [2.24, 2.45) is 0 Å². The Balaban J connectivity index is 1.56. The SMILES string of the molecule is O=C(Cc1ccccc1Cl)NCc1nnc(-c2cccs2)o1. The maximum absolute atomic E-state index is 11.9. The summed E-state index contributed by atoms with van der Waals surface area (Å²) in [6.07, 6.45) is 0.214. The summed E-state index contributed by atoms with van der Waals surface area (Å²) in [7, 11) is 0. The van der Waals surface area contributed by atoms with Gasteiger partial charge < -0.3 is 9.73 Å². The number of nitrogens with one attached hydrogen (secondary N) is 1. The Morgan fingerprint density at radius 1 is 1.23 bits per heavy atom. The summed E-state index contributed by atoms with van der Waals surface area (Å²) >= 11 is 7.55. The number of halogens is 1. The molecule has 2 heterocycles. The average Bonchev–Trinajstić information content (AvgIpc) is 3.18. The highest BCUT2D eigenvalue weighted by Crippen LogP contribution is 2.22. The van der Waals surface area contributed by atoms with E-state index in [9.17, 15) is 4.79 Å². The van der Waals surface area contributed by atoms with E-state index in [0.29, 0.717) is 16.8 Å². The number of rotatable bonds is 5. The summed E-state index contributed by atoms with van der Waals surface area (Å²) in [5, 5.41) is 13.1. The van der Waals surface area contributed by atoms with Gasteiger partial charge in [-0.3, -0.25) is 4.79 Å². The molecule has 0 spiro atoms. The summed E-state index contributed by atoms with van der Waals surface area (Å²) in [4.78, 5) is 12.8. The second-order valence-electron chi connectivity index (χ2n) is 4.52. The van der Waals surface area contributed by atoms with Crippen LogP contribution in [0.25, 0.3) is 10.8 Å². The van der Waals surface area contributed by atoms with Crippen LogP contribution in [0.2, 0.25) is 5.02 Å². The van der Waals surface area contributed by atoms with Crippen molar-refractivity contribution in [2.45, 2.75) is 13.0 Å². The third kappa shape index (κ3) is 3.52. The molecule has 0 atom stereocenters. The van der Waals surface area contributed by atoms with Crippen LogP contribution in [0.4, 0.5) is 0 Å². The van der Waals surface area contributed by atoms with Crippen LogP contribution in [-0.4, -0.2) is 16.1 Å². The fourth-order valence-corrected chi connectivity index (χ4v) is 2.72. The van der Waals surface area contributed by atoms with Gasteiger partial charge in [-0.15, -0.1) is 21.5 Å². The third-order valence-electron chi connectivity index (χ3n) is 2.94. The number of nitrogens with zero attached hydrogens (tertiary/aromatic N) is 2. The molecule has 5 nitrogen and oxygen atoms in total. The maximum Gasteiger partial charge on any atom is 0.257 e. The van der Waals surface area contributed by atoms with Gasteiger partial charge >= 0.3 is 0 Å². The molecule has 0 radical (unpaired) electrons. The summed E-state index contributed by atoms with van der Waals surface area (Å²) in [6, 6.07) is 11.1. The normalized spacial score (nSPS) is 10.6. The van der Waals surface area contributed by atoms with Crippen LogP contribution in [0.15, 0.2) is 46.2 Å². The number of hydrogen-bond acceptors (Lipinski definition) is 5. The van der Waals surface area contributed by atoms with Gasteiger partial charge in [0.05, 0.1) is 17.8 Å². The highest BCUT2D eigenvalue weighted by Gasteiger charge is 2.11. The molecule has 0 saturated heterocycles. The van der Waals surface area contributed by atoms with Gasteiger partial charge in [-0.05, 0) is 23.1 Å². The van der Waals surface area contributed by atoms with E-state index in [4.69, 9.17) is 16.0 Å². The quantitative estimate of drug-likeness (QED) is 0.777. The van der Waals surface area contributed by atoms with E-state index in [2.05, 4.69) is 15.5 Å². The average molecular weight is 334 g/mol. The molecule has 22 heavy (non-hydrogen) atoms. The van der Waals surface area contributed by atoms with Crippen molar-refractivity contribution < 1.29 is 9.21 Å². The topological polar surface area (TPSA) is 68.0 Å². The lowest BCUT2D eigenvalue weighted by atomic mass is 10.1. The number of amides is 1. The monoisotopic (exact) mass is 333 g/mol. The maximum atomic E-state index is 11.9. The number of hydrogen-bond donors (Lipinski definition) is 1. The standard InChI is InChI=1S/C15H12ClN3O2S/c16-11-5-2-1-4-10(11)8-13(20)17-9-14-18-19-15(21-14)12-6-3-7-22-12/h1-7H,8-9H2,(H,17,20). The van der Waals surface area contributed by atoms with Gasteiger partial charge in [-0.1, -0.05) is 35.9 Å². The fourth-order valence-electron chi connectivity index (χ4n) is 1.88. The van der Waals surface area contributed by atoms with E-state index in [0.717, 1.165) is 10.4 Å². The molecule has 0 aliphatic carbocycles. The number of thiophene rings is 1. The predicted molar refractivity (Wildman–Crippen MR) is 84.6 cm³/mol. The molecular formula is C15H12ClN3O2S. The summed E-state index contributed by atoms with van der Waals surface area (Å²) < 4.78 is 5.50. The van der Waals surface area contributed by atoms with Crippen molar-refractivity contribution in [3.8, 4) is 10.8 Å². The summed E-state index contributed by atoms with van der Waals surface area (Å²) in [5.74, 6) is 0.685. The van der Waals surface area contributed by atoms with Crippen molar-refractivity contribution in [1.82, 2.24) is 15.5 Å². The first-order valence-electron chi connectivity index (χ1n) is 6.59. The molecule has 0 unspecified atom stereocenters.